The fourth-order valence-electron chi connectivity index (χ4n) is 1.02. The van der Waals surface area contributed by atoms with E-state index in [-0.39, 0.29) is 11.3 Å². The highest BCUT2D eigenvalue weighted by Gasteiger charge is 2.07. The molecular weight excluding hydrogens is 210 g/mol. The molecule has 0 atom stereocenters. The molecule has 84 valence electrons. The van der Waals surface area contributed by atoms with Crippen LogP contribution in [0, 0.1) is 22.0 Å². The van der Waals surface area contributed by atoms with Crippen LogP contribution in [0.25, 0.3) is 0 Å². The van der Waals surface area contributed by atoms with Gasteiger partial charge in [-0.1, -0.05) is 11.8 Å². The van der Waals surface area contributed by atoms with Gasteiger partial charge >= 0.3 is 0 Å². The second-order valence-electron chi connectivity index (χ2n) is 3.01. The molecule has 16 heavy (non-hydrogen) atoms. The summed E-state index contributed by atoms with van der Waals surface area (Å²) in [6.07, 6.45) is 1.64. The van der Waals surface area contributed by atoms with Gasteiger partial charge in [0.2, 0.25) is 0 Å². The second-order valence-corrected chi connectivity index (χ2v) is 3.01. The van der Waals surface area contributed by atoms with Crippen molar-refractivity contribution >= 4 is 5.69 Å². The molecule has 1 rings (SSSR count). The minimum atomic E-state index is -0.575. The lowest BCUT2D eigenvalue weighted by molar-refractivity contribution is -0.385. The molecular formula is C10H11N3O3. The predicted molar refractivity (Wildman–Crippen MR) is 59.1 cm³/mol. The van der Waals surface area contributed by atoms with Crippen molar-refractivity contribution in [1.29, 1.82) is 0 Å². The van der Waals surface area contributed by atoms with Crippen LogP contribution in [0.1, 0.15) is 12.0 Å². The van der Waals surface area contributed by atoms with E-state index in [1.807, 2.05) is 0 Å². The Kier molecular flexibility index (Phi) is 4.24. The van der Waals surface area contributed by atoms with E-state index in [2.05, 4.69) is 22.1 Å². The van der Waals surface area contributed by atoms with Gasteiger partial charge in [0.05, 0.1) is 16.7 Å². The average Bonchev–Trinajstić information content (AvgIpc) is 2.26. The first kappa shape index (κ1) is 11.9. The Bertz CT molecular complexity index is 496. The lowest BCUT2D eigenvalue weighted by Crippen LogP contribution is -2.10. The fraction of sp³-hybridized carbons (Fsp3) is 0.300. The fourth-order valence-corrected chi connectivity index (χ4v) is 1.02. The van der Waals surface area contributed by atoms with E-state index in [4.69, 9.17) is 0 Å². The Hall–Kier alpha value is -2.13. The number of pyridine rings is 1. The van der Waals surface area contributed by atoms with Crippen molar-refractivity contribution < 1.29 is 4.92 Å². The van der Waals surface area contributed by atoms with E-state index in [9.17, 15) is 14.9 Å². The van der Waals surface area contributed by atoms with Gasteiger partial charge in [-0.3, -0.25) is 14.9 Å². The van der Waals surface area contributed by atoms with Gasteiger partial charge in [-0.15, -0.1) is 0 Å². The zero-order chi connectivity index (χ0) is 12.0. The Balaban J connectivity index is 2.93. The van der Waals surface area contributed by atoms with E-state index in [0.29, 0.717) is 13.0 Å². The molecule has 1 aromatic rings. The summed E-state index contributed by atoms with van der Waals surface area (Å²) in [6, 6.07) is 1.17. The van der Waals surface area contributed by atoms with Gasteiger partial charge in [0.15, 0.2) is 0 Å². The summed E-state index contributed by atoms with van der Waals surface area (Å²) in [7, 11) is 1.79. The minimum absolute atomic E-state index is 0.116. The van der Waals surface area contributed by atoms with Gasteiger partial charge in [0.25, 0.3) is 11.2 Å². The molecule has 0 bridgehead atoms. The van der Waals surface area contributed by atoms with Crippen molar-refractivity contribution in [1.82, 2.24) is 10.3 Å². The van der Waals surface area contributed by atoms with Crippen LogP contribution in [0.2, 0.25) is 0 Å². The van der Waals surface area contributed by atoms with Crippen LogP contribution >= 0.6 is 0 Å². The van der Waals surface area contributed by atoms with Crippen molar-refractivity contribution in [3.63, 3.8) is 0 Å². The van der Waals surface area contributed by atoms with Crippen molar-refractivity contribution in [3.8, 4) is 11.8 Å². The number of aromatic nitrogens is 1. The summed E-state index contributed by atoms with van der Waals surface area (Å²) in [6.45, 7) is 0.708. The molecule has 0 saturated carbocycles. The predicted octanol–water partition coefficient (Wildman–Crippen LogP) is 0.244. The van der Waals surface area contributed by atoms with Gasteiger partial charge in [0.1, 0.15) is 0 Å². The standard InChI is InChI=1S/C10H11N3O3/c1-11-5-3-2-4-8-6-9(13(15)16)7-12-10(8)14/h6-7,11H,3,5H2,1H3,(H,12,14). The summed E-state index contributed by atoms with van der Waals surface area (Å²) < 4.78 is 0. The maximum atomic E-state index is 11.3. The molecule has 0 spiro atoms. The van der Waals surface area contributed by atoms with Gasteiger partial charge in [-0.25, -0.2) is 0 Å². The number of nitrogens with one attached hydrogen (secondary N) is 2. The Labute approximate surface area is 91.8 Å². The van der Waals surface area contributed by atoms with Crippen LogP contribution in [0.4, 0.5) is 5.69 Å². The van der Waals surface area contributed by atoms with Crippen LogP contribution in [0.3, 0.4) is 0 Å². The van der Waals surface area contributed by atoms with Crippen molar-refractivity contribution in [3.05, 3.63) is 38.3 Å². The molecule has 0 aliphatic heterocycles. The minimum Gasteiger partial charge on any atom is -0.322 e. The van der Waals surface area contributed by atoms with Gasteiger partial charge in [0, 0.05) is 19.0 Å². The highest BCUT2D eigenvalue weighted by atomic mass is 16.6. The molecule has 0 radical (unpaired) electrons. The summed E-state index contributed by atoms with van der Waals surface area (Å²) in [5, 5.41) is 13.4. The molecule has 1 aromatic heterocycles. The number of H-pyrrole nitrogens is 1. The van der Waals surface area contributed by atoms with E-state index in [1.165, 1.54) is 6.07 Å². The summed E-state index contributed by atoms with van der Waals surface area (Å²) in [4.78, 5) is 23.4. The Morgan fingerprint density at radius 1 is 1.62 bits per heavy atom. The first-order valence-electron chi connectivity index (χ1n) is 4.65. The summed E-state index contributed by atoms with van der Waals surface area (Å²) in [5.41, 5.74) is -0.467. The van der Waals surface area contributed by atoms with Crippen LogP contribution in [-0.4, -0.2) is 23.5 Å². The lowest BCUT2D eigenvalue weighted by atomic mass is 10.2. The monoisotopic (exact) mass is 221 g/mol. The van der Waals surface area contributed by atoms with Gasteiger partial charge in [-0.2, -0.15) is 0 Å². The molecule has 0 fully saturated rings. The molecule has 0 aliphatic carbocycles. The van der Waals surface area contributed by atoms with Crippen LogP contribution in [0.15, 0.2) is 17.1 Å². The topological polar surface area (TPSA) is 88.0 Å². The van der Waals surface area contributed by atoms with Crippen molar-refractivity contribution in [2.45, 2.75) is 6.42 Å². The Morgan fingerprint density at radius 2 is 2.38 bits per heavy atom. The van der Waals surface area contributed by atoms with Crippen LogP contribution in [-0.2, 0) is 0 Å². The molecule has 2 N–H and O–H groups in total. The van der Waals surface area contributed by atoms with E-state index < -0.39 is 10.5 Å². The van der Waals surface area contributed by atoms with E-state index in [0.717, 1.165) is 6.20 Å². The molecule has 0 unspecified atom stereocenters. The smallest absolute Gasteiger partial charge is 0.286 e. The number of nitrogens with zero attached hydrogens (tertiary/aromatic N) is 1. The SMILES string of the molecule is CNCCC#Cc1cc([N+](=O)[O-])c[nH]c1=O. The summed E-state index contributed by atoms with van der Waals surface area (Å²) in [5.74, 6) is 5.36. The zero-order valence-corrected chi connectivity index (χ0v) is 8.74. The molecule has 0 aliphatic rings. The quantitative estimate of drug-likeness (QED) is 0.331. The van der Waals surface area contributed by atoms with Gasteiger partial charge in [-0.05, 0) is 7.05 Å². The number of hydrogen-bond acceptors (Lipinski definition) is 4. The van der Waals surface area contributed by atoms with E-state index in [1.54, 1.807) is 7.05 Å². The highest BCUT2D eigenvalue weighted by molar-refractivity contribution is 5.39. The largest absolute Gasteiger partial charge is 0.322 e. The molecule has 0 aromatic carbocycles. The summed E-state index contributed by atoms with van der Waals surface area (Å²) >= 11 is 0. The lowest BCUT2D eigenvalue weighted by Gasteiger charge is -1.92. The molecule has 0 amide bonds. The number of nitro groups is 1. The number of aromatic amines is 1. The molecule has 1 heterocycles. The Morgan fingerprint density at radius 3 is 3.00 bits per heavy atom. The first-order valence-corrected chi connectivity index (χ1v) is 4.65. The van der Waals surface area contributed by atoms with Crippen molar-refractivity contribution in [2.75, 3.05) is 13.6 Å². The third-order valence-electron chi connectivity index (χ3n) is 1.82. The maximum absolute atomic E-state index is 11.3. The molecule has 0 saturated heterocycles. The maximum Gasteiger partial charge on any atom is 0.286 e. The van der Waals surface area contributed by atoms with E-state index >= 15 is 0 Å². The third-order valence-corrected chi connectivity index (χ3v) is 1.82. The normalized spacial score (nSPS) is 9.31. The number of hydrogen-bond donors (Lipinski definition) is 2. The highest BCUT2D eigenvalue weighted by Crippen LogP contribution is 2.06. The third kappa shape index (κ3) is 3.22. The average molecular weight is 221 g/mol. The van der Waals surface area contributed by atoms with Crippen LogP contribution in [0.5, 0.6) is 0 Å². The zero-order valence-electron chi connectivity index (χ0n) is 8.74. The van der Waals surface area contributed by atoms with Crippen molar-refractivity contribution in [2.24, 2.45) is 0 Å². The number of rotatable bonds is 3. The second kappa shape index (κ2) is 5.68. The first-order chi connectivity index (χ1) is 7.65. The molecule has 6 nitrogen and oxygen atoms in total. The molecule has 6 heteroatoms. The van der Waals surface area contributed by atoms with Crippen LogP contribution < -0.4 is 10.9 Å². The van der Waals surface area contributed by atoms with Gasteiger partial charge < -0.3 is 10.3 Å².